The van der Waals surface area contributed by atoms with Crippen molar-refractivity contribution in [1.29, 1.82) is 0 Å². The molecule has 110 valence electrons. The highest BCUT2D eigenvalue weighted by Gasteiger charge is 2.21. The molecule has 1 aliphatic carbocycles. The van der Waals surface area contributed by atoms with Crippen molar-refractivity contribution >= 4 is 5.97 Å². The molecule has 0 heterocycles. The van der Waals surface area contributed by atoms with Crippen LogP contribution in [0.5, 0.6) is 5.75 Å². The lowest BCUT2D eigenvalue weighted by Gasteiger charge is -2.12. The predicted molar refractivity (Wildman–Crippen MR) is 77.9 cm³/mol. The second kappa shape index (κ2) is 6.75. The fourth-order valence-corrected chi connectivity index (χ4v) is 2.69. The Bertz CT molecular complexity index is 485. The van der Waals surface area contributed by atoms with Crippen molar-refractivity contribution < 1.29 is 14.3 Å². The Morgan fingerprint density at radius 3 is 2.60 bits per heavy atom. The van der Waals surface area contributed by atoms with Gasteiger partial charge in [0.05, 0.1) is 13.2 Å². The van der Waals surface area contributed by atoms with Gasteiger partial charge in [-0.25, -0.2) is 0 Å². The number of esters is 1. The Morgan fingerprint density at radius 1 is 1.25 bits per heavy atom. The fourth-order valence-electron chi connectivity index (χ4n) is 2.69. The molecular formula is C16H23NO3. The summed E-state index contributed by atoms with van der Waals surface area (Å²) >= 11 is 0. The topological polar surface area (TPSA) is 61.5 Å². The minimum Gasteiger partial charge on any atom is -0.494 e. The van der Waals surface area contributed by atoms with Crippen molar-refractivity contribution in [2.24, 2.45) is 5.73 Å². The molecule has 0 fully saturated rings. The summed E-state index contributed by atoms with van der Waals surface area (Å²) in [7, 11) is 0. The number of benzene rings is 1. The van der Waals surface area contributed by atoms with Crippen LogP contribution in [0.4, 0.5) is 0 Å². The van der Waals surface area contributed by atoms with Gasteiger partial charge in [0.15, 0.2) is 0 Å². The summed E-state index contributed by atoms with van der Waals surface area (Å²) in [4.78, 5) is 11.5. The molecule has 4 nitrogen and oxygen atoms in total. The normalized spacial score (nSPS) is 16.9. The smallest absolute Gasteiger partial charge is 0.306 e. The summed E-state index contributed by atoms with van der Waals surface area (Å²) in [5.74, 6) is 0.719. The largest absolute Gasteiger partial charge is 0.494 e. The van der Waals surface area contributed by atoms with E-state index >= 15 is 0 Å². The fraction of sp³-hybridized carbons (Fsp3) is 0.562. The summed E-state index contributed by atoms with van der Waals surface area (Å²) in [5.41, 5.74) is 9.65. The van der Waals surface area contributed by atoms with E-state index < -0.39 is 0 Å². The van der Waals surface area contributed by atoms with Crippen LogP contribution in [0.25, 0.3) is 0 Å². The van der Waals surface area contributed by atoms with Crippen LogP contribution in [0, 0.1) is 0 Å². The maximum Gasteiger partial charge on any atom is 0.306 e. The SMILES string of the molecule is CCOC(=O)CCc1cc2c(cc1OCC)CC(N)C2. The minimum absolute atomic E-state index is 0.160. The molecule has 0 bridgehead atoms. The lowest BCUT2D eigenvalue weighted by molar-refractivity contribution is -0.143. The third-order valence-electron chi connectivity index (χ3n) is 3.55. The Hall–Kier alpha value is -1.55. The molecule has 20 heavy (non-hydrogen) atoms. The summed E-state index contributed by atoms with van der Waals surface area (Å²) < 4.78 is 10.7. The van der Waals surface area contributed by atoms with Crippen LogP contribution in [-0.2, 0) is 28.8 Å². The maximum atomic E-state index is 11.5. The van der Waals surface area contributed by atoms with Crippen LogP contribution in [0.2, 0.25) is 0 Å². The molecule has 1 aliphatic rings. The molecule has 2 N–H and O–H groups in total. The van der Waals surface area contributed by atoms with Crippen molar-refractivity contribution in [3.63, 3.8) is 0 Å². The molecule has 0 saturated carbocycles. The number of aryl methyl sites for hydroxylation is 1. The van der Waals surface area contributed by atoms with Crippen LogP contribution in [0.1, 0.15) is 37.0 Å². The van der Waals surface area contributed by atoms with E-state index in [4.69, 9.17) is 15.2 Å². The second-order valence-electron chi connectivity index (χ2n) is 5.14. The van der Waals surface area contributed by atoms with Crippen molar-refractivity contribution in [1.82, 2.24) is 0 Å². The van der Waals surface area contributed by atoms with Gasteiger partial charge in [0.1, 0.15) is 5.75 Å². The zero-order valence-electron chi connectivity index (χ0n) is 12.3. The Balaban J connectivity index is 2.14. The van der Waals surface area contributed by atoms with Crippen molar-refractivity contribution in [2.75, 3.05) is 13.2 Å². The first-order chi connectivity index (χ1) is 9.63. The van der Waals surface area contributed by atoms with Gasteiger partial charge in [0.25, 0.3) is 0 Å². The molecule has 0 aliphatic heterocycles. The molecule has 0 spiro atoms. The maximum absolute atomic E-state index is 11.5. The van der Waals surface area contributed by atoms with E-state index in [2.05, 4.69) is 12.1 Å². The number of rotatable bonds is 6. The lowest BCUT2D eigenvalue weighted by Crippen LogP contribution is -2.18. The van der Waals surface area contributed by atoms with Crippen LogP contribution >= 0.6 is 0 Å². The highest BCUT2D eigenvalue weighted by Crippen LogP contribution is 2.30. The van der Waals surface area contributed by atoms with E-state index in [1.54, 1.807) is 0 Å². The molecule has 2 rings (SSSR count). The van der Waals surface area contributed by atoms with Gasteiger partial charge < -0.3 is 15.2 Å². The van der Waals surface area contributed by atoms with Gasteiger partial charge in [-0.2, -0.15) is 0 Å². The van der Waals surface area contributed by atoms with E-state index in [0.29, 0.717) is 26.1 Å². The molecule has 1 aromatic rings. The summed E-state index contributed by atoms with van der Waals surface area (Å²) in [6, 6.07) is 4.44. The van der Waals surface area contributed by atoms with Gasteiger partial charge in [-0.15, -0.1) is 0 Å². The van der Waals surface area contributed by atoms with Crippen LogP contribution in [0.3, 0.4) is 0 Å². The first-order valence-electron chi connectivity index (χ1n) is 7.32. The van der Waals surface area contributed by atoms with Gasteiger partial charge in [0.2, 0.25) is 0 Å². The summed E-state index contributed by atoms with van der Waals surface area (Å²) in [6.07, 6.45) is 2.86. The molecule has 0 aromatic heterocycles. The van der Waals surface area contributed by atoms with E-state index in [-0.39, 0.29) is 12.0 Å². The number of hydrogen-bond donors (Lipinski definition) is 1. The molecule has 0 amide bonds. The van der Waals surface area contributed by atoms with Crippen molar-refractivity contribution in [3.05, 3.63) is 28.8 Å². The Morgan fingerprint density at radius 2 is 1.95 bits per heavy atom. The zero-order chi connectivity index (χ0) is 14.5. The van der Waals surface area contributed by atoms with Gasteiger partial charge >= 0.3 is 5.97 Å². The number of carbonyl (C=O) groups is 1. The monoisotopic (exact) mass is 277 g/mol. The van der Waals surface area contributed by atoms with Crippen molar-refractivity contribution in [2.45, 2.75) is 45.6 Å². The van der Waals surface area contributed by atoms with E-state index in [1.807, 2.05) is 13.8 Å². The highest BCUT2D eigenvalue weighted by atomic mass is 16.5. The second-order valence-corrected chi connectivity index (χ2v) is 5.14. The average molecular weight is 277 g/mol. The van der Waals surface area contributed by atoms with E-state index in [1.165, 1.54) is 11.1 Å². The molecule has 4 heteroatoms. The van der Waals surface area contributed by atoms with Crippen LogP contribution < -0.4 is 10.5 Å². The Labute approximate surface area is 120 Å². The van der Waals surface area contributed by atoms with E-state index in [9.17, 15) is 4.79 Å². The van der Waals surface area contributed by atoms with Gasteiger partial charge in [-0.1, -0.05) is 6.07 Å². The van der Waals surface area contributed by atoms with Gasteiger partial charge in [-0.05, 0) is 55.9 Å². The summed E-state index contributed by atoms with van der Waals surface area (Å²) in [5, 5.41) is 0. The standard InChI is InChI=1S/C16H23NO3/c1-3-19-15-10-13-9-14(17)8-12(13)7-11(15)5-6-16(18)20-4-2/h7,10,14H,3-6,8-9,17H2,1-2H3. The third-order valence-corrected chi connectivity index (χ3v) is 3.55. The summed E-state index contributed by atoms with van der Waals surface area (Å²) in [6.45, 7) is 4.84. The minimum atomic E-state index is -0.160. The molecule has 1 unspecified atom stereocenters. The molecular weight excluding hydrogens is 254 g/mol. The van der Waals surface area contributed by atoms with Crippen LogP contribution in [-0.4, -0.2) is 25.2 Å². The van der Waals surface area contributed by atoms with Crippen LogP contribution in [0.15, 0.2) is 12.1 Å². The zero-order valence-corrected chi connectivity index (χ0v) is 12.3. The Kier molecular flexibility index (Phi) is 5.01. The molecule has 1 atom stereocenters. The first kappa shape index (κ1) is 14.9. The molecule has 0 radical (unpaired) electrons. The van der Waals surface area contributed by atoms with Crippen molar-refractivity contribution in [3.8, 4) is 5.75 Å². The van der Waals surface area contributed by atoms with Gasteiger partial charge in [0, 0.05) is 12.5 Å². The first-order valence-corrected chi connectivity index (χ1v) is 7.32. The molecule has 0 saturated heterocycles. The number of hydrogen-bond acceptors (Lipinski definition) is 4. The quantitative estimate of drug-likeness (QED) is 0.808. The number of carbonyl (C=O) groups excluding carboxylic acids is 1. The lowest BCUT2D eigenvalue weighted by atomic mass is 10.0. The predicted octanol–water partition coefficient (Wildman–Crippen LogP) is 2.01. The molecule has 1 aromatic carbocycles. The van der Waals surface area contributed by atoms with E-state index in [0.717, 1.165) is 24.2 Å². The average Bonchev–Trinajstić information content (AvgIpc) is 2.76. The number of ether oxygens (including phenoxy) is 2. The highest BCUT2D eigenvalue weighted by molar-refractivity contribution is 5.70. The third kappa shape index (κ3) is 3.51. The van der Waals surface area contributed by atoms with Gasteiger partial charge in [-0.3, -0.25) is 4.79 Å². The number of nitrogens with two attached hydrogens (primary N) is 1. The number of fused-ring (bicyclic) bond motifs is 1.